The number of amides is 1. The molecule has 0 saturated carbocycles. The second kappa shape index (κ2) is 8.72. The van der Waals surface area contributed by atoms with Crippen LogP contribution >= 0.6 is 11.6 Å². The maximum absolute atomic E-state index is 12.1. The fraction of sp³-hybridized carbons (Fsp3) is 0.600. The van der Waals surface area contributed by atoms with Gasteiger partial charge in [0.15, 0.2) is 0 Å². The Hall–Kier alpha value is -1.49. The molecule has 0 aliphatic heterocycles. The van der Waals surface area contributed by atoms with Gasteiger partial charge < -0.3 is 15.0 Å². The minimum Gasteiger partial charge on any atom is -0.481 e. The lowest BCUT2D eigenvalue weighted by Crippen LogP contribution is -2.28. The van der Waals surface area contributed by atoms with Crippen LogP contribution < -0.4 is 5.32 Å². The normalized spacial score (nSPS) is 12.1. The average molecular weight is 315 g/mol. The van der Waals surface area contributed by atoms with Crippen LogP contribution in [0.4, 0.5) is 0 Å². The van der Waals surface area contributed by atoms with Crippen molar-refractivity contribution in [1.82, 2.24) is 9.88 Å². The summed E-state index contributed by atoms with van der Waals surface area (Å²) in [6.07, 6.45) is 4.27. The van der Waals surface area contributed by atoms with E-state index in [-0.39, 0.29) is 12.3 Å². The summed E-state index contributed by atoms with van der Waals surface area (Å²) in [4.78, 5) is 22.7. The number of aryl methyl sites for hydroxylation is 1. The topological polar surface area (TPSA) is 71.3 Å². The number of aliphatic carboxylic acids is 1. The van der Waals surface area contributed by atoms with Gasteiger partial charge in [0.1, 0.15) is 5.69 Å². The van der Waals surface area contributed by atoms with Crippen molar-refractivity contribution in [2.24, 2.45) is 5.92 Å². The van der Waals surface area contributed by atoms with Crippen LogP contribution in [0.5, 0.6) is 0 Å². The van der Waals surface area contributed by atoms with E-state index in [1.165, 1.54) is 0 Å². The first kappa shape index (κ1) is 17.6. The van der Waals surface area contributed by atoms with E-state index < -0.39 is 5.97 Å². The lowest BCUT2D eigenvalue weighted by atomic mass is 9.96. The van der Waals surface area contributed by atoms with Gasteiger partial charge in [-0.1, -0.05) is 24.9 Å². The Morgan fingerprint density at radius 3 is 2.67 bits per heavy atom. The molecule has 0 aliphatic rings. The molecule has 0 aliphatic carbocycles. The molecule has 1 atom stereocenters. The Bertz CT molecular complexity index is 485. The Balaban J connectivity index is 2.43. The summed E-state index contributed by atoms with van der Waals surface area (Å²) in [5.41, 5.74) is 0.557. The summed E-state index contributed by atoms with van der Waals surface area (Å²) in [7, 11) is 0. The highest BCUT2D eigenvalue weighted by molar-refractivity contribution is 6.31. The van der Waals surface area contributed by atoms with Gasteiger partial charge in [0, 0.05) is 25.7 Å². The Morgan fingerprint density at radius 2 is 2.10 bits per heavy atom. The molecule has 0 radical (unpaired) electrons. The minimum atomic E-state index is -0.770. The number of hydrogen-bond acceptors (Lipinski definition) is 2. The van der Waals surface area contributed by atoms with Gasteiger partial charge in [-0.05, 0) is 31.7 Å². The number of carboxylic acid groups (broad SMARTS) is 1. The molecule has 5 nitrogen and oxygen atoms in total. The van der Waals surface area contributed by atoms with E-state index in [9.17, 15) is 9.59 Å². The van der Waals surface area contributed by atoms with Crippen LogP contribution in [0, 0.1) is 5.92 Å². The van der Waals surface area contributed by atoms with Crippen LogP contribution in [-0.4, -0.2) is 28.1 Å². The van der Waals surface area contributed by atoms with Gasteiger partial charge in [-0.25, -0.2) is 0 Å². The summed E-state index contributed by atoms with van der Waals surface area (Å²) >= 11 is 5.91. The van der Waals surface area contributed by atoms with Gasteiger partial charge in [0.25, 0.3) is 5.91 Å². The van der Waals surface area contributed by atoms with Crippen molar-refractivity contribution in [2.75, 3.05) is 6.54 Å². The lowest BCUT2D eigenvalue weighted by Gasteiger charge is -2.14. The molecule has 118 valence electrons. The number of halogens is 1. The van der Waals surface area contributed by atoms with E-state index in [2.05, 4.69) is 5.32 Å². The fourth-order valence-corrected chi connectivity index (χ4v) is 2.51. The molecule has 6 heteroatoms. The molecule has 1 rings (SSSR count). The quantitative estimate of drug-likeness (QED) is 0.735. The highest BCUT2D eigenvalue weighted by Crippen LogP contribution is 2.16. The number of carbonyl (C=O) groups excluding carboxylic acids is 1. The lowest BCUT2D eigenvalue weighted by molar-refractivity contribution is -0.137. The van der Waals surface area contributed by atoms with Crippen molar-refractivity contribution in [1.29, 1.82) is 0 Å². The highest BCUT2D eigenvalue weighted by atomic mass is 35.5. The van der Waals surface area contributed by atoms with Gasteiger partial charge in [-0.2, -0.15) is 0 Å². The molecular formula is C15H23ClN2O3. The summed E-state index contributed by atoms with van der Waals surface area (Å²) in [6.45, 7) is 5.22. The number of nitrogens with one attached hydrogen (secondary N) is 1. The summed E-state index contributed by atoms with van der Waals surface area (Å²) in [5.74, 6) is -0.590. The zero-order valence-electron chi connectivity index (χ0n) is 12.6. The Labute approximate surface area is 130 Å². The first-order valence-corrected chi connectivity index (χ1v) is 7.71. The largest absolute Gasteiger partial charge is 0.481 e. The van der Waals surface area contributed by atoms with E-state index in [4.69, 9.17) is 16.7 Å². The Kier molecular flexibility index (Phi) is 7.29. The molecule has 1 unspecified atom stereocenters. The van der Waals surface area contributed by atoms with E-state index in [0.717, 1.165) is 12.8 Å². The van der Waals surface area contributed by atoms with Crippen LogP contribution in [0.15, 0.2) is 12.3 Å². The third-order valence-corrected chi connectivity index (χ3v) is 3.83. The SMILES string of the molecule is CCC(CCNC(=O)c1cc(Cl)cn1CC)CCC(=O)O. The molecule has 2 N–H and O–H groups in total. The second-order valence-corrected chi connectivity index (χ2v) is 5.52. The number of rotatable bonds is 9. The minimum absolute atomic E-state index is 0.142. The van der Waals surface area contributed by atoms with Gasteiger partial charge in [0.2, 0.25) is 0 Å². The molecule has 1 amide bonds. The number of carbonyl (C=O) groups is 2. The molecule has 1 aromatic rings. The van der Waals surface area contributed by atoms with Gasteiger partial charge >= 0.3 is 5.97 Å². The van der Waals surface area contributed by atoms with Crippen LogP contribution in [-0.2, 0) is 11.3 Å². The summed E-state index contributed by atoms with van der Waals surface area (Å²) < 4.78 is 1.80. The smallest absolute Gasteiger partial charge is 0.303 e. The number of carboxylic acids is 1. The van der Waals surface area contributed by atoms with Crippen molar-refractivity contribution >= 4 is 23.5 Å². The number of hydrogen-bond donors (Lipinski definition) is 2. The molecule has 0 fully saturated rings. The molecular weight excluding hydrogens is 292 g/mol. The monoisotopic (exact) mass is 314 g/mol. The molecule has 0 aromatic carbocycles. The molecule has 1 heterocycles. The third kappa shape index (κ3) is 5.79. The van der Waals surface area contributed by atoms with E-state index in [1.807, 2.05) is 13.8 Å². The summed E-state index contributed by atoms with van der Waals surface area (Å²) in [5, 5.41) is 12.1. The maximum atomic E-state index is 12.1. The van der Waals surface area contributed by atoms with Gasteiger partial charge in [-0.3, -0.25) is 9.59 Å². The van der Waals surface area contributed by atoms with Crippen molar-refractivity contribution in [3.05, 3.63) is 23.0 Å². The second-order valence-electron chi connectivity index (χ2n) is 5.08. The van der Waals surface area contributed by atoms with Crippen LogP contribution in [0.2, 0.25) is 5.02 Å². The van der Waals surface area contributed by atoms with Gasteiger partial charge in [-0.15, -0.1) is 0 Å². The van der Waals surface area contributed by atoms with Crippen molar-refractivity contribution in [3.8, 4) is 0 Å². The predicted octanol–water partition coefficient (Wildman–Crippen LogP) is 3.17. The average Bonchev–Trinajstić information content (AvgIpc) is 2.83. The van der Waals surface area contributed by atoms with E-state index in [0.29, 0.717) is 36.1 Å². The molecule has 0 bridgehead atoms. The molecule has 1 aromatic heterocycles. The zero-order chi connectivity index (χ0) is 15.8. The fourth-order valence-electron chi connectivity index (χ4n) is 2.29. The molecule has 21 heavy (non-hydrogen) atoms. The zero-order valence-corrected chi connectivity index (χ0v) is 13.3. The summed E-state index contributed by atoms with van der Waals surface area (Å²) in [6, 6.07) is 1.65. The van der Waals surface area contributed by atoms with Crippen LogP contribution in [0.25, 0.3) is 0 Å². The molecule has 0 saturated heterocycles. The molecule has 0 spiro atoms. The van der Waals surface area contributed by atoms with Crippen molar-refractivity contribution in [2.45, 2.75) is 46.1 Å². The van der Waals surface area contributed by atoms with Gasteiger partial charge in [0.05, 0.1) is 5.02 Å². The standard InChI is InChI=1S/C15H23ClN2O3/c1-3-11(5-6-14(19)20)7-8-17-15(21)13-9-12(16)10-18(13)4-2/h9-11H,3-8H2,1-2H3,(H,17,21)(H,19,20). The van der Waals surface area contributed by atoms with Crippen LogP contribution in [0.3, 0.4) is 0 Å². The van der Waals surface area contributed by atoms with E-state index in [1.54, 1.807) is 16.8 Å². The van der Waals surface area contributed by atoms with Crippen LogP contribution in [0.1, 0.15) is 50.0 Å². The van der Waals surface area contributed by atoms with Crippen molar-refractivity contribution in [3.63, 3.8) is 0 Å². The maximum Gasteiger partial charge on any atom is 0.303 e. The van der Waals surface area contributed by atoms with Crippen molar-refractivity contribution < 1.29 is 14.7 Å². The third-order valence-electron chi connectivity index (χ3n) is 3.62. The number of aromatic nitrogens is 1. The Morgan fingerprint density at radius 1 is 1.38 bits per heavy atom. The number of nitrogens with zero attached hydrogens (tertiary/aromatic N) is 1. The van der Waals surface area contributed by atoms with E-state index >= 15 is 0 Å². The first-order chi connectivity index (χ1) is 9.97. The predicted molar refractivity (Wildman–Crippen MR) is 82.7 cm³/mol. The highest BCUT2D eigenvalue weighted by Gasteiger charge is 2.13. The first-order valence-electron chi connectivity index (χ1n) is 7.33.